The molecule has 2 amide bonds. The SMILES string of the molecule is O=C(NCCC(=O)N1CCC(O)CC1)C1CCCC1. The lowest BCUT2D eigenvalue weighted by Crippen LogP contribution is -2.41. The average Bonchev–Trinajstić information content (AvgIpc) is 2.93. The van der Waals surface area contributed by atoms with Gasteiger partial charge in [-0.1, -0.05) is 12.8 Å². The van der Waals surface area contributed by atoms with Crippen molar-refractivity contribution in [3.8, 4) is 0 Å². The highest BCUT2D eigenvalue weighted by Crippen LogP contribution is 2.24. The Morgan fingerprint density at radius 1 is 1.11 bits per heavy atom. The molecule has 2 N–H and O–H groups in total. The van der Waals surface area contributed by atoms with E-state index in [0.29, 0.717) is 38.9 Å². The summed E-state index contributed by atoms with van der Waals surface area (Å²) in [6.07, 6.45) is 5.72. The van der Waals surface area contributed by atoms with Crippen LogP contribution in [0.4, 0.5) is 0 Å². The van der Waals surface area contributed by atoms with Crippen LogP contribution < -0.4 is 5.32 Å². The van der Waals surface area contributed by atoms with Crippen LogP contribution in [0, 0.1) is 5.92 Å². The summed E-state index contributed by atoms with van der Waals surface area (Å²) in [7, 11) is 0. The zero-order valence-electron chi connectivity index (χ0n) is 11.4. The third-order valence-corrected chi connectivity index (χ3v) is 4.18. The fraction of sp³-hybridized carbons (Fsp3) is 0.857. The van der Waals surface area contributed by atoms with Crippen LogP contribution >= 0.6 is 0 Å². The van der Waals surface area contributed by atoms with Crippen LogP contribution in [0.15, 0.2) is 0 Å². The first-order valence-corrected chi connectivity index (χ1v) is 7.40. The van der Waals surface area contributed by atoms with Crippen molar-refractivity contribution in [3.63, 3.8) is 0 Å². The Balaban J connectivity index is 1.62. The molecule has 0 bridgehead atoms. The van der Waals surface area contributed by atoms with Gasteiger partial charge in [0.05, 0.1) is 6.10 Å². The molecule has 0 atom stereocenters. The number of aliphatic hydroxyl groups excluding tert-OH is 1. The summed E-state index contributed by atoms with van der Waals surface area (Å²) in [5.41, 5.74) is 0. The van der Waals surface area contributed by atoms with E-state index in [-0.39, 0.29) is 23.8 Å². The zero-order chi connectivity index (χ0) is 13.7. The maximum atomic E-state index is 11.9. The van der Waals surface area contributed by atoms with Crippen molar-refractivity contribution in [1.29, 1.82) is 0 Å². The highest BCUT2D eigenvalue weighted by Gasteiger charge is 2.23. The first-order chi connectivity index (χ1) is 9.16. The molecule has 0 aromatic carbocycles. The van der Waals surface area contributed by atoms with Gasteiger partial charge in [-0.05, 0) is 25.7 Å². The molecule has 2 aliphatic rings. The first kappa shape index (κ1) is 14.3. The molecule has 0 unspecified atom stereocenters. The van der Waals surface area contributed by atoms with E-state index in [9.17, 15) is 14.7 Å². The molecule has 0 spiro atoms. The molecule has 1 saturated heterocycles. The molecular weight excluding hydrogens is 244 g/mol. The molecular formula is C14H24N2O3. The fourth-order valence-electron chi connectivity index (χ4n) is 2.90. The number of carbonyl (C=O) groups is 2. The van der Waals surface area contributed by atoms with Gasteiger partial charge in [-0.15, -0.1) is 0 Å². The number of amides is 2. The largest absolute Gasteiger partial charge is 0.393 e. The van der Waals surface area contributed by atoms with E-state index < -0.39 is 0 Å². The minimum Gasteiger partial charge on any atom is -0.393 e. The molecule has 1 saturated carbocycles. The van der Waals surface area contributed by atoms with Gasteiger partial charge in [0.1, 0.15) is 0 Å². The van der Waals surface area contributed by atoms with Gasteiger partial charge in [-0.25, -0.2) is 0 Å². The van der Waals surface area contributed by atoms with E-state index in [1.165, 1.54) is 0 Å². The molecule has 108 valence electrons. The maximum absolute atomic E-state index is 11.9. The summed E-state index contributed by atoms with van der Waals surface area (Å²) in [6.45, 7) is 1.71. The number of nitrogens with zero attached hydrogens (tertiary/aromatic N) is 1. The molecule has 5 nitrogen and oxygen atoms in total. The van der Waals surface area contributed by atoms with Gasteiger partial charge in [0.2, 0.25) is 11.8 Å². The molecule has 5 heteroatoms. The highest BCUT2D eigenvalue weighted by molar-refractivity contribution is 5.80. The second-order valence-corrected chi connectivity index (χ2v) is 5.63. The Morgan fingerprint density at radius 3 is 2.37 bits per heavy atom. The highest BCUT2D eigenvalue weighted by atomic mass is 16.3. The Labute approximate surface area is 114 Å². The standard InChI is InChI=1S/C14H24N2O3/c17-12-6-9-16(10-7-12)13(18)5-8-15-14(19)11-3-1-2-4-11/h11-12,17H,1-10H2,(H,15,19). The van der Waals surface area contributed by atoms with Crippen molar-refractivity contribution >= 4 is 11.8 Å². The van der Waals surface area contributed by atoms with Gasteiger partial charge < -0.3 is 15.3 Å². The Bertz CT molecular complexity index is 319. The third-order valence-electron chi connectivity index (χ3n) is 4.18. The Kier molecular flexibility index (Phi) is 5.19. The van der Waals surface area contributed by atoms with Crippen LogP contribution in [-0.2, 0) is 9.59 Å². The lowest BCUT2D eigenvalue weighted by Gasteiger charge is -2.29. The second-order valence-electron chi connectivity index (χ2n) is 5.63. The van der Waals surface area contributed by atoms with E-state index >= 15 is 0 Å². The van der Waals surface area contributed by atoms with Crippen molar-refractivity contribution < 1.29 is 14.7 Å². The molecule has 1 aliphatic heterocycles. The molecule has 0 aromatic rings. The van der Waals surface area contributed by atoms with Crippen LogP contribution in [0.1, 0.15) is 44.9 Å². The van der Waals surface area contributed by atoms with Crippen molar-refractivity contribution in [3.05, 3.63) is 0 Å². The van der Waals surface area contributed by atoms with Gasteiger partial charge >= 0.3 is 0 Å². The number of hydrogen-bond donors (Lipinski definition) is 2. The number of carbonyl (C=O) groups excluding carboxylic acids is 2. The zero-order valence-corrected chi connectivity index (χ0v) is 11.4. The van der Waals surface area contributed by atoms with Crippen molar-refractivity contribution in [2.75, 3.05) is 19.6 Å². The molecule has 1 heterocycles. The molecule has 0 aromatic heterocycles. The number of rotatable bonds is 4. The van der Waals surface area contributed by atoms with Gasteiger partial charge in [-0.2, -0.15) is 0 Å². The molecule has 2 fully saturated rings. The summed E-state index contributed by atoms with van der Waals surface area (Å²) < 4.78 is 0. The minimum absolute atomic E-state index is 0.0821. The number of nitrogens with one attached hydrogen (secondary N) is 1. The predicted molar refractivity (Wildman–Crippen MR) is 71.4 cm³/mol. The lowest BCUT2D eigenvalue weighted by molar-refractivity contribution is -0.133. The fourth-order valence-corrected chi connectivity index (χ4v) is 2.90. The van der Waals surface area contributed by atoms with E-state index in [4.69, 9.17) is 0 Å². The van der Waals surface area contributed by atoms with Crippen LogP contribution in [0.2, 0.25) is 0 Å². The van der Waals surface area contributed by atoms with Gasteiger partial charge in [0, 0.05) is 32.0 Å². The third kappa shape index (κ3) is 4.20. The summed E-state index contributed by atoms with van der Waals surface area (Å²) in [5.74, 6) is 0.359. The lowest BCUT2D eigenvalue weighted by atomic mass is 10.1. The van der Waals surface area contributed by atoms with Crippen LogP contribution in [-0.4, -0.2) is 47.6 Å². The van der Waals surface area contributed by atoms with Crippen molar-refractivity contribution in [2.24, 2.45) is 5.92 Å². The van der Waals surface area contributed by atoms with Crippen LogP contribution in [0.5, 0.6) is 0 Å². The van der Waals surface area contributed by atoms with E-state index in [0.717, 1.165) is 25.7 Å². The predicted octanol–water partition coefficient (Wildman–Crippen LogP) is 0.666. The molecule has 2 rings (SSSR count). The van der Waals surface area contributed by atoms with Gasteiger partial charge in [0.25, 0.3) is 0 Å². The van der Waals surface area contributed by atoms with Crippen molar-refractivity contribution in [1.82, 2.24) is 10.2 Å². The van der Waals surface area contributed by atoms with Crippen LogP contribution in [0.3, 0.4) is 0 Å². The van der Waals surface area contributed by atoms with E-state index in [1.54, 1.807) is 4.90 Å². The average molecular weight is 268 g/mol. The topological polar surface area (TPSA) is 69.6 Å². The Hall–Kier alpha value is -1.10. The van der Waals surface area contributed by atoms with Gasteiger partial charge in [-0.3, -0.25) is 9.59 Å². The number of aliphatic hydroxyl groups is 1. The maximum Gasteiger partial charge on any atom is 0.224 e. The summed E-state index contributed by atoms with van der Waals surface area (Å²) in [6, 6.07) is 0. The van der Waals surface area contributed by atoms with E-state index in [1.807, 2.05) is 0 Å². The number of likely N-dealkylation sites (tertiary alicyclic amines) is 1. The molecule has 19 heavy (non-hydrogen) atoms. The van der Waals surface area contributed by atoms with Crippen molar-refractivity contribution in [2.45, 2.75) is 51.0 Å². The quantitative estimate of drug-likeness (QED) is 0.787. The minimum atomic E-state index is -0.258. The Morgan fingerprint density at radius 2 is 1.74 bits per heavy atom. The monoisotopic (exact) mass is 268 g/mol. The number of hydrogen-bond acceptors (Lipinski definition) is 3. The van der Waals surface area contributed by atoms with Crippen LogP contribution in [0.25, 0.3) is 0 Å². The molecule has 1 aliphatic carbocycles. The van der Waals surface area contributed by atoms with Gasteiger partial charge in [0.15, 0.2) is 0 Å². The molecule has 0 radical (unpaired) electrons. The summed E-state index contributed by atoms with van der Waals surface area (Å²) in [5, 5.41) is 12.3. The normalized spacial score (nSPS) is 21.6. The number of piperidine rings is 1. The summed E-state index contributed by atoms with van der Waals surface area (Å²) in [4.78, 5) is 25.5. The second kappa shape index (κ2) is 6.89. The smallest absolute Gasteiger partial charge is 0.224 e. The first-order valence-electron chi connectivity index (χ1n) is 7.40. The summed E-state index contributed by atoms with van der Waals surface area (Å²) >= 11 is 0. The van der Waals surface area contributed by atoms with E-state index in [2.05, 4.69) is 5.32 Å².